The summed E-state index contributed by atoms with van der Waals surface area (Å²) in [5.41, 5.74) is 5.35. The molecule has 0 spiro atoms. The molecular weight excluding hydrogens is 786 g/mol. The van der Waals surface area contributed by atoms with E-state index in [4.69, 9.17) is 24.3 Å². The second kappa shape index (κ2) is 46.9. The van der Waals surface area contributed by atoms with Crippen molar-refractivity contribution >= 4 is 19.8 Å². The quantitative estimate of drug-likeness (QED) is 0.0265. The molecule has 0 saturated heterocycles. The molecule has 0 aliphatic heterocycles. The van der Waals surface area contributed by atoms with Gasteiger partial charge in [-0.1, -0.05) is 215 Å². The Kier molecular flexibility index (Phi) is 45.0. The molecule has 352 valence electrons. The molecule has 0 aromatic carbocycles. The van der Waals surface area contributed by atoms with E-state index in [2.05, 4.69) is 74.6 Å². The third-order valence-electron chi connectivity index (χ3n) is 10.1. The van der Waals surface area contributed by atoms with Gasteiger partial charge in [-0.3, -0.25) is 18.6 Å². The Morgan fingerprint density at radius 2 is 0.902 bits per heavy atom. The first kappa shape index (κ1) is 58.5. The molecule has 0 fully saturated rings. The smallest absolute Gasteiger partial charge is 0.462 e. The number of carbonyl (C=O) groups excluding carboxylic acids is 2. The maximum atomic E-state index is 12.6. The molecule has 0 radical (unpaired) electrons. The Morgan fingerprint density at radius 3 is 1.31 bits per heavy atom. The largest absolute Gasteiger partial charge is 0.472 e. The lowest BCUT2D eigenvalue weighted by atomic mass is 10.0. The zero-order valence-electron chi connectivity index (χ0n) is 38.9. The first-order valence-corrected chi connectivity index (χ1v) is 25.9. The van der Waals surface area contributed by atoms with E-state index in [9.17, 15) is 19.0 Å². The molecule has 2 atom stereocenters. The minimum atomic E-state index is -4.40. The van der Waals surface area contributed by atoms with Crippen LogP contribution < -0.4 is 5.73 Å². The number of rotatable bonds is 45. The van der Waals surface area contributed by atoms with Crippen molar-refractivity contribution < 1.29 is 37.6 Å². The van der Waals surface area contributed by atoms with Crippen LogP contribution in [-0.4, -0.2) is 49.3 Å². The topological polar surface area (TPSA) is 134 Å². The molecule has 0 bridgehead atoms. The molecule has 0 aliphatic carbocycles. The number of hydrogen-bond donors (Lipinski definition) is 2. The number of nitrogens with two attached hydrogens (primary N) is 1. The van der Waals surface area contributed by atoms with Gasteiger partial charge in [0.05, 0.1) is 13.2 Å². The van der Waals surface area contributed by atoms with E-state index in [1.54, 1.807) is 0 Å². The summed E-state index contributed by atoms with van der Waals surface area (Å²) in [6.45, 7) is 3.55. The van der Waals surface area contributed by atoms with Gasteiger partial charge in [-0.15, -0.1) is 0 Å². The molecule has 9 nitrogen and oxygen atoms in total. The van der Waals surface area contributed by atoms with Crippen LogP contribution in [0.1, 0.15) is 206 Å². The molecule has 0 aliphatic rings. The number of phosphoric ester groups is 1. The number of ether oxygens (including phenoxy) is 2. The van der Waals surface area contributed by atoms with Crippen molar-refractivity contribution in [1.29, 1.82) is 0 Å². The molecule has 3 N–H and O–H groups in total. The van der Waals surface area contributed by atoms with E-state index in [0.29, 0.717) is 6.42 Å². The highest BCUT2D eigenvalue weighted by molar-refractivity contribution is 7.47. The van der Waals surface area contributed by atoms with Gasteiger partial charge in [0.2, 0.25) is 0 Å². The minimum Gasteiger partial charge on any atom is -0.462 e. The van der Waals surface area contributed by atoms with E-state index < -0.39 is 32.5 Å². The molecule has 0 heterocycles. The highest BCUT2D eigenvalue weighted by Gasteiger charge is 2.25. The SMILES string of the molecule is CC/C=C\C/C=C\C/C=C\C/C=C\C/C=C\C/C=C\CCC(=O)OC(COC(=O)CCCCCCCCCCCCCCCCCCCCCCC)COP(=O)(O)OCCN. The van der Waals surface area contributed by atoms with Crippen molar-refractivity contribution in [3.8, 4) is 0 Å². The summed E-state index contributed by atoms with van der Waals surface area (Å²) < 4.78 is 32.8. The van der Waals surface area contributed by atoms with Crippen LogP contribution in [0.2, 0.25) is 0 Å². The lowest BCUT2D eigenvalue weighted by molar-refractivity contribution is -0.161. The van der Waals surface area contributed by atoms with Crippen molar-refractivity contribution in [2.45, 2.75) is 213 Å². The van der Waals surface area contributed by atoms with Gasteiger partial charge in [-0.05, 0) is 51.4 Å². The molecule has 0 saturated carbocycles. The van der Waals surface area contributed by atoms with E-state index in [0.717, 1.165) is 57.8 Å². The molecule has 0 aromatic heterocycles. The highest BCUT2D eigenvalue weighted by Crippen LogP contribution is 2.43. The van der Waals surface area contributed by atoms with Crippen molar-refractivity contribution in [1.82, 2.24) is 0 Å². The van der Waals surface area contributed by atoms with Gasteiger partial charge in [-0.25, -0.2) is 4.57 Å². The third kappa shape index (κ3) is 46.8. The molecule has 0 rings (SSSR count). The van der Waals surface area contributed by atoms with Crippen molar-refractivity contribution in [3.63, 3.8) is 0 Å². The fraction of sp³-hybridized carbons (Fsp3) is 0.725. The first-order chi connectivity index (χ1) is 29.8. The van der Waals surface area contributed by atoms with Crippen LogP contribution in [-0.2, 0) is 32.7 Å². The summed E-state index contributed by atoms with van der Waals surface area (Å²) in [5.74, 6) is -0.924. The summed E-state index contributed by atoms with van der Waals surface area (Å²) in [6, 6.07) is 0. The van der Waals surface area contributed by atoms with Gasteiger partial charge in [0.15, 0.2) is 6.10 Å². The number of carbonyl (C=O) groups is 2. The summed E-state index contributed by atoms with van der Waals surface area (Å²) in [4.78, 5) is 35.0. The predicted molar refractivity (Wildman–Crippen MR) is 256 cm³/mol. The minimum absolute atomic E-state index is 0.0398. The Morgan fingerprint density at radius 1 is 0.508 bits per heavy atom. The molecule has 0 aromatic rings. The van der Waals surface area contributed by atoms with Gasteiger partial charge in [0.25, 0.3) is 0 Å². The third-order valence-corrected chi connectivity index (χ3v) is 11.1. The summed E-state index contributed by atoms with van der Waals surface area (Å²) in [6.07, 6.45) is 58.2. The van der Waals surface area contributed by atoms with Gasteiger partial charge in [-0.2, -0.15) is 0 Å². The Labute approximate surface area is 373 Å². The van der Waals surface area contributed by atoms with Crippen molar-refractivity contribution in [2.75, 3.05) is 26.4 Å². The fourth-order valence-corrected chi connectivity index (χ4v) is 7.31. The summed E-state index contributed by atoms with van der Waals surface area (Å²) in [5, 5.41) is 0. The molecule has 2 unspecified atom stereocenters. The number of allylic oxidation sites excluding steroid dienone is 12. The van der Waals surface area contributed by atoms with E-state index in [-0.39, 0.29) is 32.6 Å². The summed E-state index contributed by atoms with van der Waals surface area (Å²) in [7, 11) is -4.40. The number of phosphoric acid groups is 1. The average molecular weight is 876 g/mol. The van der Waals surface area contributed by atoms with Crippen LogP contribution in [0.25, 0.3) is 0 Å². The van der Waals surface area contributed by atoms with E-state index in [1.807, 2.05) is 12.2 Å². The van der Waals surface area contributed by atoms with Crippen LogP contribution in [0, 0.1) is 0 Å². The maximum absolute atomic E-state index is 12.6. The van der Waals surface area contributed by atoms with E-state index >= 15 is 0 Å². The zero-order chi connectivity index (χ0) is 44.6. The fourth-order valence-electron chi connectivity index (χ4n) is 6.54. The zero-order valence-corrected chi connectivity index (χ0v) is 39.8. The van der Waals surface area contributed by atoms with Crippen LogP contribution in [0.15, 0.2) is 72.9 Å². The van der Waals surface area contributed by atoms with Gasteiger partial charge in [0.1, 0.15) is 6.61 Å². The lowest BCUT2D eigenvalue weighted by Gasteiger charge is -2.19. The van der Waals surface area contributed by atoms with Crippen LogP contribution in [0.5, 0.6) is 0 Å². The average Bonchev–Trinajstić information content (AvgIpc) is 3.25. The lowest BCUT2D eigenvalue weighted by Crippen LogP contribution is -2.29. The molecule has 61 heavy (non-hydrogen) atoms. The van der Waals surface area contributed by atoms with Crippen molar-refractivity contribution in [3.05, 3.63) is 72.9 Å². The summed E-state index contributed by atoms with van der Waals surface area (Å²) >= 11 is 0. The van der Waals surface area contributed by atoms with Crippen LogP contribution in [0.3, 0.4) is 0 Å². The maximum Gasteiger partial charge on any atom is 0.472 e. The predicted octanol–water partition coefficient (Wildman–Crippen LogP) is 14.6. The first-order valence-electron chi connectivity index (χ1n) is 24.4. The van der Waals surface area contributed by atoms with Gasteiger partial charge < -0.3 is 20.1 Å². The second-order valence-corrected chi connectivity index (χ2v) is 17.4. The number of unbranched alkanes of at least 4 members (excludes halogenated alkanes) is 20. The molecule has 0 amide bonds. The van der Waals surface area contributed by atoms with Gasteiger partial charge >= 0.3 is 19.8 Å². The second-order valence-electron chi connectivity index (χ2n) is 16.0. The normalized spacial score (nSPS) is 13.8. The standard InChI is InChI=1S/C51H90NO8P/c1-3-5-7-9-11-13-15-17-19-21-23-24-26-27-29-31-33-35-37-39-41-43-50(53)57-47-49(48-59-61(55,56)58-46-45-52)60-51(54)44-42-40-38-36-34-32-30-28-25-22-20-18-16-14-12-10-8-6-4-2/h6,8,12,14,18,20,25,28,32,34,38,40,49H,3-5,7,9-11,13,15-17,19,21-24,26-27,29-31,33,35-37,39,41-48,52H2,1-2H3,(H,55,56)/b8-6-,14-12-,20-18-,28-25-,34-32-,40-38-. The number of esters is 2. The van der Waals surface area contributed by atoms with Crippen LogP contribution in [0.4, 0.5) is 0 Å². The Bertz CT molecular complexity index is 1230. The Balaban J connectivity index is 4.17. The monoisotopic (exact) mass is 876 g/mol. The van der Waals surface area contributed by atoms with E-state index in [1.165, 1.54) is 116 Å². The Hall–Kier alpha value is -2.55. The number of hydrogen-bond acceptors (Lipinski definition) is 8. The molecular formula is C51H90NO8P. The van der Waals surface area contributed by atoms with Crippen molar-refractivity contribution in [2.24, 2.45) is 5.73 Å². The highest BCUT2D eigenvalue weighted by atomic mass is 31.2. The van der Waals surface area contributed by atoms with Crippen LogP contribution >= 0.6 is 7.82 Å². The van der Waals surface area contributed by atoms with Gasteiger partial charge in [0, 0.05) is 19.4 Å². The molecule has 10 heteroatoms.